The molecule has 6 nitrogen and oxygen atoms in total. The van der Waals surface area contributed by atoms with E-state index in [0.29, 0.717) is 36.0 Å². The number of ether oxygens (including phenoxy) is 1. The Morgan fingerprint density at radius 2 is 1.88 bits per heavy atom. The van der Waals surface area contributed by atoms with Crippen LogP contribution in [0.25, 0.3) is 0 Å². The zero-order valence-electron chi connectivity index (χ0n) is 17.6. The van der Waals surface area contributed by atoms with Crippen molar-refractivity contribution < 1.29 is 32.9 Å². The summed E-state index contributed by atoms with van der Waals surface area (Å²) in [5.41, 5.74) is -0.943. The number of phenols is 1. The number of alkyl halides is 3. The minimum Gasteiger partial charge on any atom is -0.507 e. The molecule has 3 N–H and O–H groups in total. The van der Waals surface area contributed by atoms with Gasteiger partial charge in [0.2, 0.25) is 0 Å². The number of benzene rings is 2. The molecular weight excluding hydrogens is 493 g/mol. The molecule has 0 saturated heterocycles. The van der Waals surface area contributed by atoms with Crippen molar-refractivity contribution in [3.8, 4) is 11.5 Å². The third kappa shape index (κ3) is 6.15. The van der Waals surface area contributed by atoms with Gasteiger partial charge in [-0.15, -0.1) is 0 Å². The number of halogens is 4. The highest BCUT2D eigenvalue weighted by Crippen LogP contribution is 2.36. The predicted octanol–water partition coefficient (Wildman–Crippen LogP) is 5.64. The van der Waals surface area contributed by atoms with E-state index in [4.69, 9.17) is 15.3 Å². The van der Waals surface area contributed by atoms with Gasteiger partial charge in [-0.05, 0) is 59.1 Å². The second-order valence-corrected chi connectivity index (χ2v) is 8.01. The molecule has 0 unspecified atom stereocenters. The minimum atomic E-state index is -4.86. The second-order valence-electron chi connectivity index (χ2n) is 7.15. The molecule has 0 aliphatic rings. The monoisotopic (exact) mass is 516 g/mol. The molecule has 0 spiro atoms. The summed E-state index contributed by atoms with van der Waals surface area (Å²) in [7, 11) is 1.84. The van der Waals surface area contributed by atoms with Crippen molar-refractivity contribution >= 4 is 33.3 Å². The molecule has 0 amide bonds. The molecule has 2 rings (SSSR count). The average molecular weight is 517 g/mol. The first-order valence-electron chi connectivity index (χ1n) is 9.85. The number of carbonyl (C=O) groups is 1. The Kier molecular flexibility index (Phi) is 8.54. The molecule has 2 aromatic rings. The van der Waals surface area contributed by atoms with Gasteiger partial charge in [0.25, 0.3) is 0 Å². The number of hydrogen-bond donors (Lipinski definition) is 3. The minimum absolute atomic E-state index is 0.163. The van der Waals surface area contributed by atoms with Crippen molar-refractivity contribution in [2.75, 3.05) is 25.1 Å². The van der Waals surface area contributed by atoms with Crippen LogP contribution in [0.2, 0.25) is 0 Å². The molecule has 0 radical (unpaired) electrons. The number of hydrogen-bond acceptors (Lipinski definition) is 5. The van der Waals surface area contributed by atoms with Gasteiger partial charge in [0.05, 0.1) is 12.2 Å². The molecular formula is C22H24BrF3N2O4. The van der Waals surface area contributed by atoms with Crippen LogP contribution in [-0.4, -0.2) is 48.3 Å². The quantitative estimate of drug-likeness (QED) is 0.280. The van der Waals surface area contributed by atoms with Crippen LogP contribution in [0.4, 0.5) is 18.9 Å². The SMILES string of the molecule is CCCc1c(OCCCN(C)c2ccc(C(=O)O)c(Br)c2)ccc(C(=N)C(F)(F)F)c1O. The Bertz CT molecular complexity index is 996. The fourth-order valence-corrected chi connectivity index (χ4v) is 3.66. The van der Waals surface area contributed by atoms with Crippen molar-refractivity contribution in [1.29, 1.82) is 5.41 Å². The molecule has 0 aliphatic heterocycles. The topological polar surface area (TPSA) is 93.9 Å². The molecule has 0 aromatic heterocycles. The van der Waals surface area contributed by atoms with Gasteiger partial charge in [0.15, 0.2) is 0 Å². The van der Waals surface area contributed by atoms with Crippen LogP contribution in [0.3, 0.4) is 0 Å². The van der Waals surface area contributed by atoms with Gasteiger partial charge in [-0.3, -0.25) is 5.41 Å². The maximum absolute atomic E-state index is 12.9. The molecule has 0 aliphatic carbocycles. The van der Waals surface area contributed by atoms with E-state index < -0.39 is 29.2 Å². The highest BCUT2D eigenvalue weighted by molar-refractivity contribution is 9.10. The van der Waals surface area contributed by atoms with Gasteiger partial charge in [0.1, 0.15) is 17.2 Å². The van der Waals surface area contributed by atoms with E-state index in [0.717, 1.165) is 11.8 Å². The molecule has 0 bridgehead atoms. The number of nitrogens with zero attached hydrogens (tertiary/aromatic N) is 1. The highest BCUT2D eigenvalue weighted by atomic mass is 79.9. The summed E-state index contributed by atoms with van der Waals surface area (Å²) in [6.45, 7) is 2.66. The molecule has 10 heteroatoms. The third-order valence-electron chi connectivity index (χ3n) is 4.81. The first-order chi connectivity index (χ1) is 15.0. The van der Waals surface area contributed by atoms with Crippen LogP contribution in [0.15, 0.2) is 34.8 Å². The first kappa shape index (κ1) is 25.5. The summed E-state index contributed by atoms with van der Waals surface area (Å²) in [5.74, 6) is -1.31. The van der Waals surface area contributed by atoms with Gasteiger partial charge in [-0.1, -0.05) is 13.3 Å². The zero-order chi connectivity index (χ0) is 24.1. The van der Waals surface area contributed by atoms with Crippen LogP contribution in [0.1, 0.15) is 41.3 Å². The second kappa shape index (κ2) is 10.7. The molecule has 2 aromatic carbocycles. The smallest absolute Gasteiger partial charge is 0.433 e. The number of nitrogens with one attached hydrogen (secondary N) is 1. The molecule has 32 heavy (non-hydrogen) atoms. The molecule has 174 valence electrons. The van der Waals surface area contributed by atoms with Crippen molar-refractivity contribution in [1.82, 2.24) is 0 Å². The number of aromatic hydroxyl groups is 1. The third-order valence-corrected chi connectivity index (χ3v) is 5.47. The Balaban J connectivity index is 2.04. The fourth-order valence-electron chi connectivity index (χ4n) is 3.13. The molecule has 0 fully saturated rings. The van der Waals surface area contributed by atoms with E-state index in [1.807, 2.05) is 18.9 Å². The Labute approximate surface area is 192 Å². The fraction of sp³-hybridized carbons (Fsp3) is 0.364. The van der Waals surface area contributed by atoms with E-state index in [9.17, 15) is 23.1 Å². The summed E-state index contributed by atoms with van der Waals surface area (Å²) in [4.78, 5) is 13.0. The number of rotatable bonds is 10. The van der Waals surface area contributed by atoms with E-state index in [-0.39, 0.29) is 17.7 Å². The number of aromatic carboxylic acids is 1. The standard InChI is InChI=1S/C22H24BrF3N2O4/c1-3-5-15-18(9-8-16(19(15)29)20(27)22(24,25)26)32-11-4-10-28(2)13-6-7-14(21(30)31)17(23)12-13/h6-9,12,27,29H,3-5,10-11H2,1-2H3,(H,30,31). The van der Waals surface area contributed by atoms with Crippen molar-refractivity contribution in [3.63, 3.8) is 0 Å². The lowest BCUT2D eigenvalue weighted by molar-refractivity contribution is -0.0588. The maximum atomic E-state index is 12.9. The molecule has 0 saturated carbocycles. The normalized spacial score (nSPS) is 11.3. The van der Waals surface area contributed by atoms with Crippen LogP contribution >= 0.6 is 15.9 Å². The molecule has 0 heterocycles. The summed E-state index contributed by atoms with van der Waals surface area (Å²) < 4.78 is 44.8. The van der Waals surface area contributed by atoms with Gasteiger partial charge in [-0.25, -0.2) is 4.79 Å². The van der Waals surface area contributed by atoms with E-state index >= 15 is 0 Å². The number of phenolic OH excluding ortho intramolecular Hbond substituents is 1. The van der Waals surface area contributed by atoms with Crippen LogP contribution < -0.4 is 9.64 Å². The summed E-state index contributed by atoms with van der Waals surface area (Å²) >= 11 is 3.24. The van der Waals surface area contributed by atoms with Gasteiger partial charge >= 0.3 is 12.1 Å². The Morgan fingerprint density at radius 1 is 1.22 bits per heavy atom. The van der Waals surface area contributed by atoms with Crippen molar-refractivity contribution in [3.05, 3.63) is 51.5 Å². The Morgan fingerprint density at radius 3 is 2.44 bits per heavy atom. The van der Waals surface area contributed by atoms with Crippen LogP contribution in [-0.2, 0) is 6.42 Å². The van der Waals surface area contributed by atoms with Gasteiger partial charge in [0, 0.05) is 34.9 Å². The van der Waals surface area contributed by atoms with Gasteiger partial charge < -0.3 is 19.8 Å². The largest absolute Gasteiger partial charge is 0.507 e. The summed E-state index contributed by atoms with van der Waals surface area (Å²) in [5, 5.41) is 26.7. The van der Waals surface area contributed by atoms with Crippen LogP contribution in [0.5, 0.6) is 11.5 Å². The number of carboxylic acids is 1. The van der Waals surface area contributed by atoms with Crippen LogP contribution in [0, 0.1) is 5.41 Å². The zero-order valence-corrected chi connectivity index (χ0v) is 19.2. The van der Waals surface area contributed by atoms with Crippen molar-refractivity contribution in [2.45, 2.75) is 32.4 Å². The maximum Gasteiger partial charge on any atom is 0.433 e. The van der Waals surface area contributed by atoms with E-state index in [1.54, 1.807) is 12.1 Å². The van der Waals surface area contributed by atoms with E-state index in [2.05, 4.69) is 15.9 Å². The summed E-state index contributed by atoms with van der Waals surface area (Å²) in [6, 6.07) is 7.31. The summed E-state index contributed by atoms with van der Waals surface area (Å²) in [6.07, 6.45) is -3.40. The predicted molar refractivity (Wildman–Crippen MR) is 119 cm³/mol. The highest BCUT2D eigenvalue weighted by Gasteiger charge is 2.37. The van der Waals surface area contributed by atoms with E-state index in [1.165, 1.54) is 12.1 Å². The number of carboxylic acid groups (broad SMARTS) is 1. The lowest BCUT2D eigenvalue weighted by Crippen LogP contribution is -2.23. The lowest BCUT2D eigenvalue weighted by Gasteiger charge is -2.21. The number of anilines is 1. The lowest BCUT2D eigenvalue weighted by atomic mass is 10.00. The average Bonchev–Trinajstić information content (AvgIpc) is 2.71. The first-order valence-corrected chi connectivity index (χ1v) is 10.6. The molecule has 0 atom stereocenters. The van der Waals surface area contributed by atoms with Gasteiger partial charge in [-0.2, -0.15) is 13.2 Å². The van der Waals surface area contributed by atoms with Crippen molar-refractivity contribution in [2.24, 2.45) is 0 Å². The Hall–Kier alpha value is -2.75.